The Bertz CT molecular complexity index is 1260. The molecule has 3 nitrogen and oxygen atoms in total. The summed E-state index contributed by atoms with van der Waals surface area (Å²) in [7, 11) is 0. The molecule has 0 radical (unpaired) electrons. The Morgan fingerprint density at radius 2 is 1.57 bits per heavy atom. The first-order chi connectivity index (χ1) is 13.5. The molecule has 0 atom stereocenters. The number of para-hydroxylation sites is 1. The third kappa shape index (κ3) is 3.32. The summed E-state index contributed by atoms with van der Waals surface area (Å²) in [5.74, 6) is -2.06. The molecule has 6 heteroatoms. The van der Waals surface area contributed by atoms with Gasteiger partial charge in [0.15, 0.2) is 11.6 Å². The molecule has 0 aliphatic heterocycles. The second-order valence-electron chi connectivity index (χ2n) is 6.11. The van der Waals surface area contributed by atoms with Gasteiger partial charge in [0, 0.05) is 0 Å². The highest BCUT2D eigenvalue weighted by Crippen LogP contribution is 2.17. The van der Waals surface area contributed by atoms with Crippen molar-refractivity contribution in [2.75, 3.05) is 0 Å². The first-order valence-corrected chi connectivity index (χ1v) is 8.44. The number of halogens is 3. The summed E-state index contributed by atoms with van der Waals surface area (Å²) in [5, 5.41) is 0.414. The number of benzene rings is 3. The first-order valence-electron chi connectivity index (χ1n) is 8.44. The smallest absolute Gasteiger partial charge is 0.266 e. The monoisotopic (exact) mass is 378 g/mol. The van der Waals surface area contributed by atoms with Crippen LogP contribution >= 0.6 is 0 Å². The molecular formula is C22H13F3N2O. The summed E-state index contributed by atoms with van der Waals surface area (Å²) in [6, 6.07) is 15.8. The van der Waals surface area contributed by atoms with Gasteiger partial charge in [0.25, 0.3) is 5.56 Å². The van der Waals surface area contributed by atoms with Crippen LogP contribution in [0.25, 0.3) is 28.7 Å². The van der Waals surface area contributed by atoms with Gasteiger partial charge in [-0.25, -0.2) is 18.2 Å². The Morgan fingerprint density at radius 3 is 2.32 bits per heavy atom. The van der Waals surface area contributed by atoms with Crippen LogP contribution in [0.1, 0.15) is 11.4 Å². The predicted molar refractivity (Wildman–Crippen MR) is 103 cm³/mol. The van der Waals surface area contributed by atoms with Gasteiger partial charge in [-0.05, 0) is 60.2 Å². The molecule has 3 aromatic carbocycles. The van der Waals surface area contributed by atoms with Gasteiger partial charge >= 0.3 is 0 Å². The van der Waals surface area contributed by atoms with E-state index in [-0.39, 0.29) is 11.4 Å². The van der Waals surface area contributed by atoms with E-state index in [1.54, 1.807) is 24.3 Å². The highest BCUT2D eigenvalue weighted by Gasteiger charge is 2.11. The van der Waals surface area contributed by atoms with Crippen LogP contribution in [0.5, 0.6) is 0 Å². The zero-order valence-corrected chi connectivity index (χ0v) is 14.4. The van der Waals surface area contributed by atoms with Crippen LogP contribution in [0.2, 0.25) is 0 Å². The predicted octanol–water partition coefficient (Wildman–Crippen LogP) is 4.97. The number of aromatic nitrogens is 2. The lowest BCUT2D eigenvalue weighted by Crippen LogP contribution is -2.22. The molecule has 4 rings (SSSR count). The number of rotatable bonds is 3. The van der Waals surface area contributed by atoms with E-state index in [1.807, 2.05) is 0 Å². The van der Waals surface area contributed by atoms with E-state index in [0.717, 1.165) is 12.1 Å². The van der Waals surface area contributed by atoms with Gasteiger partial charge in [-0.3, -0.25) is 9.36 Å². The molecule has 0 aliphatic carbocycles. The average molecular weight is 378 g/mol. The SMILES string of the molecule is O=c1c2ccccc2nc(C=Cc2ccc(F)c(F)c2)n1-c1ccc(F)cc1. The summed E-state index contributed by atoms with van der Waals surface area (Å²) in [6.45, 7) is 0. The molecule has 1 aromatic heterocycles. The molecular weight excluding hydrogens is 365 g/mol. The summed E-state index contributed by atoms with van der Waals surface area (Å²) < 4.78 is 41.2. The van der Waals surface area contributed by atoms with Crippen LogP contribution < -0.4 is 5.56 Å². The van der Waals surface area contributed by atoms with Gasteiger partial charge < -0.3 is 0 Å². The summed E-state index contributed by atoms with van der Waals surface area (Å²) in [6.07, 6.45) is 3.06. The Labute approximate surface area is 158 Å². The fraction of sp³-hybridized carbons (Fsp3) is 0. The van der Waals surface area contributed by atoms with Crippen molar-refractivity contribution in [1.29, 1.82) is 0 Å². The highest BCUT2D eigenvalue weighted by molar-refractivity contribution is 5.80. The van der Waals surface area contributed by atoms with E-state index in [2.05, 4.69) is 4.98 Å². The van der Waals surface area contributed by atoms with Gasteiger partial charge in [0.2, 0.25) is 0 Å². The number of hydrogen-bond acceptors (Lipinski definition) is 2. The van der Waals surface area contributed by atoms with Gasteiger partial charge in [-0.2, -0.15) is 0 Å². The molecule has 1 heterocycles. The minimum absolute atomic E-state index is 0.278. The maximum Gasteiger partial charge on any atom is 0.266 e. The van der Waals surface area contributed by atoms with E-state index in [0.29, 0.717) is 22.2 Å². The summed E-state index contributed by atoms with van der Waals surface area (Å²) in [4.78, 5) is 17.5. The molecule has 0 bridgehead atoms. The van der Waals surface area contributed by atoms with Crippen molar-refractivity contribution < 1.29 is 13.2 Å². The molecule has 0 spiro atoms. The maximum absolute atomic E-state index is 13.4. The van der Waals surface area contributed by atoms with Crippen molar-refractivity contribution in [2.24, 2.45) is 0 Å². The quantitative estimate of drug-likeness (QED) is 0.504. The normalized spacial score (nSPS) is 11.4. The van der Waals surface area contributed by atoms with Crippen molar-refractivity contribution in [3.05, 3.63) is 106 Å². The molecule has 0 unspecified atom stereocenters. The molecule has 0 fully saturated rings. The van der Waals surface area contributed by atoms with E-state index in [9.17, 15) is 18.0 Å². The number of fused-ring (bicyclic) bond motifs is 1. The Morgan fingerprint density at radius 1 is 0.821 bits per heavy atom. The zero-order chi connectivity index (χ0) is 19.7. The van der Waals surface area contributed by atoms with Crippen LogP contribution in [0.4, 0.5) is 13.2 Å². The molecule has 0 N–H and O–H groups in total. The largest absolute Gasteiger partial charge is 0.268 e. The van der Waals surface area contributed by atoms with Crippen molar-refractivity contribution in [1.82, 2.24) is 9.55 Å². The van der Waals surface area contributed by atoms with E-state index in [1.165, 1.54) is 47.1 Å². The third-order valence-electron chi connectivity index (χ3n) is 4.25. The molecule has 28 heavy (non-hydrogen) atoms. The van der Waals surface area contributed by atoms with Crippen LogP contribution in [0, 0.1) is 17.5 Å². The second-order valence-corrected chi connectivity index (χ2v) is 6.11. The summed E-state index contributed by atoms with van der Waals surface area (Å²) in [5.41, 5.74) is 1.03. The van der Waals surface area contributed by atoms with Crippen molar-refractivity contribution in [3.8, 4) is 5.69 Å². The topological polar surface area (TPSA) is 34.9 Å². The van der Waals surface area contributed by atoms with Crippen LogP contribution in [-0.2, 0) is 0 Å². The van der Waals surface area contributed by atoms with E-state index < -0.39 is 17.5 Å². The Kier molecular flexibility index (Phi) is 4.53. The molecule has 0 amide bonds. The average Bonchev–Trinajstić information content (AvgIpc) is 2.70. The van der Waals surface area contributed by atoms with Crippen molar-refractivity contribution in [3.63, 3.8) is 0 Å². The summed E-state index contributed by atoms with van der Waals surface area (Å²) >= 11 is 0. The molecule has 4 aromatic rings. The van der Waals surface area contributed by atoms with Gasteiger partial charge in [-0.1, -0.05) is 24.3 Å². The molecule has 0 aliphatic rings. The number of hydrogen-bond donors (Lipinski definition) is 0. The molecule has 0 saturated heterocycles. The van der Waals surface area contributed by atoms with Gasteiger partial charge in [0.1, 0.15) is 11.6 Å². The first kappa shape index (κ1) is 17.7. The fourth-order valence-corrected chi connectivity index (χ4v) is 2.89. The molecule has 138 valence electrons. The molecule has 0 saturated carbocycles. The lowest BCUT2D eigenvalue weighted by Gasteiger charge is -2.11. The number of nitrogens with zero attached hydrogens (tertiary/aromatic N) is 2. The van der Waals surface area contributed by atoms with Crippen LogP contribution in [-0.4, -0.2) is 9.55 Å². The van der Waals surface area contributed by atoms with E-state index >= 15 is 0 Å². The maximum atomic E-state index is 13.4. The zero-order valence-electron chi connectivity index (χ0n) is 14.4. The van der Waals surface area contributed by atoms with Crippen molar-refractivity contribution >= 4 is 23.1 Å². The fourth-order valence-electron chi connectivity index (χ4n) is 2.89. The minimum atomic E-state index is -0.968. The van der Waals surface area contributed by atoms with E-state index in [4.69, 9.17) is 0 Å². The van der Waals surface area contributed by atoms with Crippen molar-refractivity contribution in [2.45, 2.75) is 0 Å². The Balaban J connectivity index is 1.91. The van der Waals surface area contributed by atoms with Crippen LogP contribution in [0.15, 0.2) is 71.5 Å². The van der Waals surface area contributed by atoms with Gasteiger partial charge in [0.05, 0.1) is 16.6 Å². The standard InChI is InChI=1S/C22H13F3N2O/c23-15-7-9-16(10-8-15)27-21(12-6-14-5-11-18(24)19(25)13-14)26-20-4-2-1-3-17(20)22(27)28/h1-13H. The van der Waals surface area contributed by atoms with Crippen LogP contribution in [0.3, 0.4) is 0 Å². The third-order valence-corrected chi connectivity index (χ3v) is 4.25. The highest BCUT2D eigenvalue weighted by atomic mass is 19.2. The minimum Gasteiger partial charge on any atom is -0.268 e. The lowest BCUT2D eigenvalue weighted by molar-refractivity contribution is 0.508. The van der Waals surface area contributed by atoms with Gasteiger partial charge in [-0.15, -0.1) is 0 Å². The lowest BCUT2D eigenvalue weighted by atomic mass is 10.2. The second kappa shape index (κ2) is 7.15. The Hall–Kier alpha value is -3.67.